The molecule has 0 heterocycles. The van der Waals surface area contributed by atoms with Crippen LogP contribution in [0.25, 0.3) is 0 Å². The van der Waals surface area contributed by atoms with Crippen molar-refractivity contribution < 1.29 is 42.3 Å². The molecule has 0 aromatic heterocycles. The van der Waals surface area contributed by atoms with Crippen molar-refractivity contribution in [3.63, 3.8) is 0 Å². The molecule has 1 amide bonds. The molecule has 1 unspecified atom stereocenters. The molecule has 1 radical (unpaired) electrons. The Balaban J connectivity index is 0. The van der Waals surface area contributed by atoms with Crippen LogP contribution < -0.4 is 5.32 Å². The molecule has 0 aliphatic heterocycles. The van der Waals surface area contributed by atoms with E-state index >= 15 is 0 Å². The van der Waals surface area contributed by atoms with Crippen molar-refractivity contribution in [1.29, 1.82) is 0 Å². The number of hydrogen-bond donors (Lipinski definition) is 1. The van der Waals surface area contributed by atoms with Gasteiger partial charge < -0.3 is 10.1 Å². The molecule has 0 bridgehead atoms. The van der Waals surface area contributed by atoms with Gasteiger partial charge in [-0.2, -0.15) is 0 Å². The molecule has 4 heteroatoms. The maximum atomic E-state index is 10.5. The fourth-order valence-corrected chi connectivity index (χ4v) is 0.373. The third-order valence-corrected chi connectivity index (χ3v) is 0.875. The van der Waals surface area contributed by atoms with Gasteiger partial charge in [-0.05, 0) is 0 Å². The van der Waals surface area contributed by atoms with Gasteiger partial charge in [-0.25, -0.2) is 6.29 Å². The minimum atomic E-state index is -0.475. The van der Waals surface area contributed by atoms with E-state index in [1.54, 1.807) is 20.1 Å². The average molecular weight is 217 g/mol. The van der Waals surface area contributed by atoms with Gasteiger partial charge in [0.15, 0.2) is 0 Å². The number of carbonyl (C=O) groups is 1. The molecule has 0 aromatic carbocycles. The van der Waals surface area contributed by atoms with Crippen LogP contribution in [0.3, 0.4) is 0 Å². The molecular weight excluding hydrogens is 207 g/mol. The van der Waals surface area contributed by atoms with Gasteiger partial charge in [0.05, 0.1) is 0 Å². The van der Waals surface area contributed by atoms with Gasteiger partial charge >= 0.3 is 0 Å². The summed E-state index contributed by atoms with van der Waals surface area (Å²) in [5.74, 6) is -0.120. The molecule has 0 fully saturated rings. The zero-order valence-corrected chi connectivity index (χ0v) is 9.02. The van der Waals surface area contributed by atoms with Crippen molar-refractivity contribution in [3.05, 3.63) is 0 Å². The topological polar surface area (TPSA) is 46.2 Å². The first-order valence-corrected chi connectivity index (χ1v) is 2.87. The minimum absolute atomic E-state index is 0. The van der Waals surface area contributed by atoms with Crippen LogP contribution in [-0.4, -0.2) is 18.2 Å². The summed E-state index contributed by atoms with van der Waals surface area (Å²) in [6, 6.07) is -0.475. The Morgan fingerprint density at radius 3 is 2.50 bits per heavy atom. The molecule has 0 aliphatic rings. The maximum Gasteiger partial charge on any atom is 0.217 e. The van der Waals surface area contributed by atoms with Gasteiger partial charge in [0.2, 0.25) is 5.91 Å². The van der Waals surface area contributed by atoms with Crippen molar-refractivity contribution in [2.75, 3.05) is 0 Å². The third-order valence-electron chi connectivity index (χ3n) is 0.875. The number of hydrogen-bond acceptors (Lipinski definition) is 2. The van der Waals surface area contributed by atoms with E-state index in [1.165, 1.54) is 0 Å². The molecule has 0 saturated carbocycles. The average Bonchev–Trinajstić information content (AvgIpc) is 1.87. The molecule has 0 rings (SSSR count). The van der Waals surface area contributed by atoms with E-state index in [4.69, 9.17) is 0 Å². The maximum absolute atomic E-state index is 10.5. The molecule has 0 saturated heterocycles. The Morgan fingerprint density at radius 1 is 1.70 bits per heavy atom. The van der Waals surface area contributed by atoms with Crippen LogP contribution >= 0.6 is 0 Å². The van der Waals surface area contributed by atoms with E-state index in [9.17, 15) is 9.59 Å². The second-order valence-electron chi connectivity index (χ2n) is 1.76. The van der Waals surface area contributed by atoms with Crippen molar-refractivity contribution in [1.82, 2.24) is 5.32 Å². The summed E-state index contributed by atoms with van der Waals surface area (Å²) >= 11 is 0. The number of amides is 1. The molecule has 1 atom stereocenters. The predicted octanol–water partition coefficient (Wildman–Crippen LogP) is 0.00830. The largest absolute Gasteiger partial charge is 0.540 e. The van der Waals surface area contributed by atoms with Crippen LogP contribution in [0.5, 0.6) is 0 Å². The Labute approximate surface area is 85.8 Å². The van der Waals surface area contributed by atoms with E-state index in [2.05, 4.69) is 5.32 Å². The van der Waals surface area contributed by atoms with Gasteiger partial charge in [-0.1, -0.05) is 19.9 Å². The van der Waals surface area contributed by atoms with E-state index in [1.807, 2.05) is 0 Å². The number of carbonyl (C=O) groups excluding carboxylic acids is 2. The standard InChI is InChI=1S/C6H10NO2.Y/c1-3-6(9)7-5(2)4-8;/h5H,3H2,1-2H3,(H,7,9);/q-1;. The van der Waals surface area contributed by atoms with Gasteiger partial charge in [-0.3, -0.25) is 4.79 Å². The quantitative estimate of drug-likeness (QED) is 0.676. The smallest absolute Gasteiger partial charge is 0.217 e. The molecule has 55 valence electrons. The minimum Gasteiger partial charge on any atom is -0.540 e. The molecule has 1 N–H and O–H groups in total. The van der Waals surface area contributed by atoms with E-state index in [0.717, 1.165) is 0 Å². The predicted molar refractivity (Wildman–Crippen MR) is 33.6 cm³/mol. The van der Waals surface area contributed by atoms with Crippen molar-refractivity contribution in [3.8, 4) is 0 Å². The van der Waals surface area contributed by atoms with Crippen molar-refractivity contribution in [2.24, 2.45) is 0 Å². The first-order valence-electron chi connectivity index (χ1n) is 2.87. The normalized spacial score (nSPS) is 11.0. The second-order valence-corrected chi connectivity index (χ2v) is 1.76. The Hall–Kier alpha value is 0.244. The Kier molecular flexibility index (Phi) is 9.47. The molecule has 0 spiro atoms. The fourth-order valence-electron chi connectivity index (χ4n) is 0.373. The van der Waals surface area contributed by atoms with Gasteiger partial charge in [-0.15, -0.1) is 0 Å². The number of rotatable bonds is 3. The van der Waals surface area contributed by atoms with Crippen LogP contribution in [0.2, 0.25) is 0 Å². The summed E-state index contributed by atoms with van der Waals surface area (Å²) in [6.45, 7) is 3.31. The summed E-state index contributed by atoms with van der Waals surface area (Å²) in [4.78, 5) is 20.3. The summed E-state index contributed by atoms with van der Waals surface area (Å²) < 4.78 is 0. The summed E-state index contributed by atoms with van der Waals surface area (Å²) in [5.41, 5.74) is 0. The zero-order chi connectivity index (χ0) is 7.28. The molecule has 10 heavy (non-hydrogen) atoms. The Morgan fingerprint density at radius 2 is 2.20 bits per heavy atom. The zero-order valence-electron chi connectivity index (χ0n) is 6.18. The number of nitrogens with one attached hydrogen (secondary N) is 1. The first-order chi connectivity index (χ1) is 4.20. The monoisotopic (exact) mass is 217 g/mol. The van der Waals surface area contributed by atoms with Crippen molar-refractivity contribution >= 4 is 12.2 Å². The van der Waals surface area contributed by atoms with Crippen LogP contribution in [0.1, 0.15) is 20.3 Å². The summed E-state index contributed by atoms with van der Waals surface area (Å²) in [5, 5.41) is 2.42. The van der Waals surface area contributed by atoms with E-state index in [0.29, 0.717) is 6.42 Å². The molecular formula is C6H10NO2Y-. The van der Waals surface area contributed by atoms with Crippen LogP contribution in [-0.2, 0) is 42.3 Å². The van der Waals surface area contributed by atoms with Crippen LogP contribution in [0.15, 0.2) is 0 Å². The second kappa shape index (κ2) is 7.35. The summed E-state index contributed by atoms with van der Waals surface area (Å²) in [7, 11) is 0. The van der Waals surface area contributed by atoms with Gasteiger partial charge in [0, 0.05) is 39.1 Å². The fraction of sp³-hybridized carbons (Fsp3) is 0.667. The first kappa shape index (κ1) is 12.9. The molecule has 0 aliphatic carbocycles. The Bertz CT molecular complexity index is 116. The van der Waals surface area contributed by atoms with Gasteiger partial charge in [0.25, 0.3) is 0 Å². The summed E-state index contributed by atoms with van der Waals surface area (Å²) in [6.07, 6.45) is 2.06. The van der Waals surface area contributed by atoms with E-state index < -0.39 is 6.04 Å². The van der Waals surface area contributed by atoms with Crippen LogP contribution in [0.4, 0.5) is 0 Å². The molecule has 0 aromatic rings. The van der Waals surface area contributed by atoms with Crippen molar-refractivity contribution in [2.45, 2.75) is 26.3 Å². The SMILES string of the molecule is CCC(=O)NC(C)[C-]=O.[Y]. The van der Waals surface area contributed by atoms with Gasteiger partial charge in [0.1, 0.15) is 0 Å². The third kappa shape index (κ3) is 6.37. The van der Waals surface area contributed by atoms with Crippen LogP contribution in [0, 0.1) is 0 Å². The van der Waals surface area contributed by atoms with E-state index in [-0.39, 0.29) is 38.6 Å². The molecule has 3 nitrogen and oxygen atoms in total.